The molecule has 0 bridgehead atoms. The van der Waals surface area contributed by atoms with Crippen LogP contribution in [0.15, 0.2) is 42.5 Å². The average Bonchev–Trinajstić information content (AvgIpc) is 2.46. The summed E-state index contributed by atoms with van der Waals surface area (Å²) in [6, 6.07) is 14.1. The van der Waals surface area contributed by atoms with Crippen molar-refractivity contribution < 1.29 is 9.59 Å². The summed E-state index contributed by atoms with van der Waals surface area (Å²) in [7, 11) is 0. The van der Waals surface area contributed by atoms with Gasteiger partial charge in [-0.2, -0.15) is 0 Å². The molecule has 21 heavy (non-hydrogen) atoms. The van der Waals surface area contributed by atoms with Crippen molar-refractivity contribution in [2.75, 3.05) is 0 Å². The second-order valence-electron chi connectivity index (χ2n) is 6.38. The molecule has 0 saturated carbocycles. The summed E-state index contributed by atoms with van der Waals surface area (Å²) in [6.45, 7) is 7.27. The van der Waals surface area contributed by atoms with Crippen LogP contribution in [0.5, 0.6) is 0 Å². The first-order valence-electron chi connectivity index (χ1n) is 7.15. The van der Waals surface area contributed by atoms with Crippen LogP contribution < -0.4 is 0 Å². The molecular formula is C18H19NO2. The van der Waals surface area contributed by atoms with Crippen molar-refractivity contribution in [3.8, 4) is 0 Å². The van der Waals surface area contributed by atoms with Gasteiger partial charge in [0.1, 0.15) is 0 Å². The maximum Gasteiger partial charge on any atom is 0.238 e. The Bertz CT molecular complexity index is 757. The molecule has 2 amide bonds. The number of carbonyl (C=O) groups excluding carboxylic acids is 2. The van der Waals surface area contributed by atoms with Gasteiger partial charge >= 0.3 is 0 Å². The van der Waals surface area contributed by atoms with E-state index >= 15 is 0 Å². The highest BCUT2D eigenvalue weighted by molar-refractivity contribution is 6.06. The van der Waals surface area contributed by atoms with Crippen molar-refractivity contribution in [3.05, 3.63) is 48.0 Å². The number of nitrogens with zero attached hydrogens (tertiary/aromatic N) is 1. The highest BCUT2D eigenvalue weighted by Crippen LogP contribution is 2.55. The largest absolute Gasteiger partial charge is 0.275 e. The van der Waals surface area contributed by atoms with E-state index in [-0.39, 0.29) is 11.8 Å². The second-order valence-corrected chi connectivity index (χ2v) is 6.38. The fraction of sp³-hybridized carbons (Fsp3) is 0.333. The lowest BCUT2D eigenvalue weighted by atomic mass is 9.59. The molecule has 2 aromatic carbocycles. The third kappa shape index (κ3) is 1.54. The van der Waals surface area contributed by atoms with Crippen molar-refractivity contribution in [1.82, 2.24) is 4.90 Å². The Morgan fingerprint density at radius 2 is 1.62 bits per heavy atom. The molecule has 1 atom stereocenters. The molecule has 0 spiro atoms. The van der Waals surface area contributed by atoms with Gasteiger partial charge in [0.25, 0.3) is 0 Å². The predicted molar refractivity (Wildman–Crippen MR) is 82.6 cm³/mol. The molecular weight excluding hydrogens is 262 g/mol. The Hall–Kier alpha value is -2.16. The van der Waals surface area contributed by atoms with E-state index in [0.717, 1.165) is 16.3 Å². The van der Waals surface area contributed by atoms with Crippen molar-refractivity contribution in [2.24, 2.45) is 5.41 Å². The SMILES string of the molecule is CC(=O)N1C(=O)C(C)(C)C1(C)c1cccc2ccccc12. The van der Waals surface area contributed by atoms with Crippen LogP contribution in [0.4, 0.5) is 0 Å². The molecule has 2 aromatic rings. The summed E-state index contributed by atoms with van der Waals surface area (Å²) >= 11 is 0. The molecule has 1 heterocycles. The van der Waals surface area contributed by atoms with Crippen molar-refractivity contribution in [2.45, 2.75) is 33.2 Å². The minimum atomic E-state index is -0.614. The first-order valence-corrected chi connectivity index (χ1v) is 7.15. The van der Waals surface area contributed by atoms with E-state index < -0.39 is 11.0 Å². The van der Waals surface area contributed by atoms with Gasteiger partial charge in [0.2, 0.25) is 11.8 Å². The normalized spacial score (nSPS) is 24.0. The van der Waals surface area contributed by atoms with Gasteiger partial charge in [0.05, 0.1) is 11.0 Å². The molecule has 1 aliphatic rings. The number of hydrogen-bond donors (Lipinski definition) is 0. The van der Waals surface area contributed by atoms with E-state index in [4.69, 9.17) is 0 Å². The quantitative estimate of drug-likeness (QED) is 0.751. The zero-order valence-corrected chi connectivity index (χ0v) is 12.8. The Labute approximate surface area is 124 Å². The predicted octanol–water partition coefficient (Wildman–Crippen LogP) is 3.47. The van der Waals surface area contributed by atoms with Crippen LogP contribution in [-0.2, 0) is 15.1 Å². The molecule has 0 radical (unpaired) electrons. The van der Waals surface area contributed by atoms with E-state index in [1.165, 1.54) is 11.8 Å². The fourth-order valence-electron chi connectivity index (χ4n) is 3.48. The Morgan fingerprint density at radius 1 is 1.00 bits per heavy atom. The van der Waals surface area contributed by atoms with E-state index in [0.29, 0.717) is 0 Å². The smallest absolute Gasteiger partial charge is 0.238 e. The molecule has 0 N–H and O–H groups in total. The number of carbonyl (C=O) groups is 2. The molecule has 1 aliphatic heterocycles. The van der Waals surface area contributed by atoms with Crippen molar-refractivity contribution in [1.29, 1.82) is 0 Å². The molecule has 0 aromatic heterocycles. The summed E-state index contributed by atoms with van der Waals surface area (Å²) < 4.78 is 0. The maximum atomic E-state index is 12.4. The number of benzene rings is 2. The van der Waals surface area contributed by atoms with Crippen LogP contribution in [-0.4, -0.2) is 16.7 Å². The molecule has 3 heteroatoms. The molecule has 1 saturated heterocycles. The monoisotopic (exact) mass is 281 g/mol. The van der Waals surface area contributed by atoms with Gasteiger partial charge in [-0.05, 0) is 37.1 Å². The maximum absolute atomic E-state index is 12.4. The summed E-state index contributed by atoms with van der Waals surface area (Å²) in [6.07, 6.45) is 0. The zero-order chi connectivity index (χ0) is 15.4. The van der Waals surface area contributed by atoms with Crippen LogP contribution in [0, 0.1) is 5.41 Å². The topological polar surface area (TPSA) is 37.4 Å². The van der Waals surface area contributed by atoms with Gasteiger partial charge in [-0.3, -0.25) is 14.5 Å². The average molecular weight is 281 g/mol. The van der Waals surface area contributed by atoms with Gasteiger partial charge in [0.15, 0.2) is 0 Å². The zero-order valence-electron chi connectivity index (χ0n) is 12.8. The van der Waals surface area contributed by atoms with Gasteiger partial charge in [-0.1, -0.05) is 42.5 Å². The number of fused-ring (bicyclic) bond motifs is 1. The number of β-lactam (4-membered cyclic amide) rings is 1. The van der Waals surface area contributed by atoms with Crippen LogP contribution in [0.1, 0.15) is 33.3 Å². The molecule has 3 rings (SSSR count). The highest BCUT2D eigenvalue weighted by Gasteiger charge is 2.65. The van der Waals surface area contributed by atoms with E-state index in [1.54, 1.807) is 0 Å². The first-order chi connectivity index (χ1) is 9.81. The Balaban J connectivity index is 2.30. The van der Waals surface area contributed by atoms with E-state index in [1.807, 2.05) is 63.2 Å². The third-order valence-electron chi connectivity index (χ3n) is 5.03. The van der Waals surface area contributed by atoms with Crippen LogP contribution in [0.3, 0.4) is 0 Å². The number of imide groups is 1. The molecule has 1 unspecified atom stereocenters. The minimum Gasteiger partial charge on any atom is -0.275 e. The number of amides is 2. The Morgan fingerprint density at radius 3 is 2.29 bits per heavy atom. The molecule has 1 fully saturated rings. The summed E-state index contributed by atoms with van der Waals surface area (Å²) in [5.41, 5.74) is -0.181. The lowest BCUT2D eigenvalue weighted by Crippen LogP contribution is -2.73. The van der Waals surface area contributed by atoms with Gasteiger partial charge in [-0.25, -0.2) is 0 Å². The summed E-state index contributed by atoms with van der Waals surface area (Å²) in [5, 5.41) is 2.21. The molecule has 3 nitrogen and oxygen atoms in total. The van der Waals surface area contributed by atoms with Gasteiger partial charge in [-0.15, -0.1) is 0 Å². The van der Waals surface area contributed by atoms with Crippen molar-refractivity contribution >= 4 is 22.6 Å². The molecule has 108 valence electrons. The fourth-order valence-corrected chi connectivity index (χ4v) is 3.48. The standard InChI is InChI=1S/C18H19NO2/c1-12(20)19-16(21)17(2,3)18(19,4)15-11-7-9-13-8-5-6-10-14(13)15/h5-11H,1-4H3. The number of likely N-dealkylation sites (tertiary alicyclic amines) is 1. The van der Waals surface area contributed by atoms with Gasteiger partial charge in [0, 0.05) is 6.92 Å². The number of rotatable bonds is 1. The van der Waals surface area contributed by atoms with Crippen molar-refractivity contribution in [3.63, 3.8) is 0 Å². The van der Waals surface area contributed by atoms with Crippen LogP contribution in [0.2, 0.25) is 0 Å². The van der Waals surface area contributed by atoms with Crippen LogP contribution >= 0.6 is 0 Å². The third-order valence-corrected chi connectivity index (χ3v) is 5.03. The van der Waals surface area contributed by atoms with E-state index in [2.05, 4.69) is 0 Å². The Kier molecular flexibility index (Phi) is 2.74. The van der Waals surface area contributed by atoms with E-state index in [9.17, 15) is 9.59 Å². The second kappa shape index (κ2) is 4.17. The van der Waals surface area contributed by atoms with Gasteiger partial charge < -0.3 is 0 Å². The van der Waals surface area contributed by atoms with Crippen LogP contribution in [0.25, 0.3) is 10.8 Å². The number of hydrogen-bond acceptors (Lipinski definition) is 2. The summed E-state index contributed by atoms with van der Waals surface area (Å²) in [5.74, 6) is -0.305. The molecule has 0 aliphatic carbocycles. The lowest BCUT2D eigenvalue weighted by Gasteiger charge is -2.60. The first kappa shape index (κ1) is 13.8. The lowest BCUT2D eigenvalue weighted by molar-refractivity contribution is -0.191. The highest BCUT2D eigenvalue weighted by atomic mass is 16.2. The summed E-state index contributed by atoms with van der Waals surface area (Å²) in [4.78, 5) is 25.7. The minimum absolute atomic E-state index is 0.106.